The first-order chi connectivity index (χ1) is 12.5. The zero-order valence-corrected chi connectivity index (χ0v) is 15.6. The van der Waals surface area contributed by atoms with Crippen molar-refractivity contribution in [3.63, 3.8) is 0 Å². The zero-order valence-electron chi connectivity index (χ0n) is 15.6. The van der Waals surface area contributed by atoms with Gasteiger partial charge in [-0.25, -0.2) is 0 Å². The molecule has 26 heavy (non-hydrogen) atoms. The van der Waals surface area contributed by atoms with E-state index in [1.54, 1.807) is 0 Å². The normalized spacial score (nSPS) is 15.8. The molecule has 1 aliphatic rings. The molecule has 0 radical (unpaired) electrons. The number of rotatable bonds is 6. The number of aryl methyl sites for hydroxylation is 2. The van der Waals surface area contributed by atoms with Crippen molar-refractivity contribution in [2.24, 2.45) is 0 Å². The van der Waals surface area contributed by atoms with Gasteiger partial charge in [0.2, 0.25) is 5.91 Å². The van der Waals surface area contributed by atoms with Crippen LogP contribution in [0.5, 0.6) is 11.5 Å². The summed E-state index contributed by atoms with van der Waals surface area (Å²) >= 11 is 0. The smallest absolute Gasteiger partial charge is 0.238 e. The van der Waals surface area contributed by atoms with Gasteiger partial charge < -0.3 is 14.8 Å². The number of fused-ring (bicyclic) bond motifs is 1. The Kier molecular flexibility index (Phi) is 5.78. The first-order valence-corrected chi connectivity index (χ1v) is 9.03. The van der Waals surface area contributed by atoms with Gasteiger partial charge in [-0.2, -0.15) is 0 Å². The average molecular weight is 354 g/mol. The lowest BCUT2D eigenvalue weighted by atomic mass is 10.1. The summed E-state index contributed by atoms with van der Waals surface area (Å²) in [6.07, 6.45) is -0.0849. The number of hydrogen-bond donors (Lipinski definition) is 1. The maximum absolute atomic E-state index is 12.5. The number of carbonyl (C=O) groups excluding carboxylic acids is 1. The van der Waals surface area contributed by atoms with Gasteiger partial charge in [0.25, 0.3) is 0 Å². The van der Waals surface area contributed by atoms with Crippen LogP contribution in [0.25, 0.3) is 0 Å². The number of carbonyl (C=O) groups is 1. The van der Waals surface area contributed by atoms with E-state index < -0.39 is 0 Å². The fourth-order valence-electron chi connectivity index (χ4n) is 3.01. The fourth-order valence-corrected chi connectivity index (χ4v) is 3.01. The van der Waals surface area contributed by atoms with E-state index >= 15 is 0 Å². The van der Waals surface area contributed by atoms with Crippen molar-refractivity contribution in [1.82, 2.24) is 4.90 Å². The Morgan fingerprint density at radius 1 is 1.19 bits per heavy atom. The molecule has 0 saturated heterocycles. The van der Waals surface area contributed by atoms with Gasteiger partial charge in [-0.3, -0.25) is 9.69 Å². The van der Waals surface area contributed by atoms with E-state index in [9.17, 15) is 4.79 Å². The largest absolute Gasteiger partial charge is 0.486 e. The second-order valence-electron chi connectivity index (χ2n) is 6.69. The molecule has 5 nitrogen and oxygen atoms in total. The lowest BCUT2D eigenvalue weighted by Crippen LogP contribution is -2.43. The highest BCUT2D eigenvalue weighted by molar-refractivity contribution is 5.93. The number of hydrogen-bond acceptors (Lipinski definition) is 4. The third-order valence-electron chi connectivity index (χ3n) is 4.51. The number of para-hydroxylation sites is 2. The van der Waals surface area contributed by atoms with Crippen molar-refractivity contribution in [2.45, 2.75) is 26.9 Å². The topological polar surface area (TPSA) is 50.8 Å². The summed E-state index contributed by atoms with van der Waals surface area (Å²) in [5.41, 5.74) is 3.06. The van der Waals surface area contributed by atoms with Crippen LogP contribution >= 0.6 is 0 Å². The van der Waals surface area contributed by atoms with Gasteiger partial charge in [-0.15, -0.1) is 0 Å². The van der Waals surface area contributed by atoms with Crippen LogP contribution in [0, 0.1) is 13.8 Å². The molecule has 138 valence electrons. The average Bonchev–Trinajstić information content (AvgIpc) is 2.64. The third-order valence-corrected chi connectivity index (χ3v) is 4.51. The third kappa shape index (κ3) is 4.55. The lowest BCUT2D eigenvalue weighted by molar-refractivity contribution is -0.117. The predicted molar refractivity (Wildman–Crippen MR) is 103 cm³/mol. The monoisotopic (exact) mass is 354 g/mol. The first kappa shape index (κ1) is 18.3. The van der Waals surface area contributed by atoms with Crippen LogP contribution in [-0.2, 0) is 4.79 Å². The van der Waals surface area contributed by atoms with Gasteiger partial charge in [0.15, 0.2) is 11.5 Å². The highest BCUT2D eigenvalue weighted by Crippen LogP contribution is 2.31. The van der Waals surface area contributed by atoms with Crippen molar-refractivity contribution in [1.29, 1.82) is 0 Å². The van der Waals surface area contributed by atoms with Crippen LogP contribution < -0.4 is 14.8 Å². The molecule has 0 aliphatic carbocycles. The van der Waals surface area contributed by atoms with E-state index in [0.29, 0.717) is 19.7 Å². The van der Waals surface area contributed by atoms with Crippen LogP contribution in [0.15, 0.2) is 42.5 Å². The summed E-state index contributed by atoms with van der Waals surface area (Å²) in [5.74, 6) is 1.52. The predicted octanol–water partition coefficient (Wildman–Crippen LogP) is 3.40. The quantitative estimate of drug-likeness (QED) is 0.864. The Morgan fingerprint density at radius 3 is 2.73 bits per heavy atom. The first-order valence-electron chi connectivity index (χ1n) is 9.03. The van der Waals surface area contributed by atoms with Crippen LogP contribution in [-0.4, -0.2) is 43.2 Å². The molecular formula is C21H26N2O3. The second-order valence-corrected chi connectivity index (χ2v) is 6.69. The van der Waals surface area contributed by atoms with Crippen LogP contribution in [0.1, 0.15) is 18.1 Å². The summed E-state index contributed by atoms with van der Waals surface area (Å²) in [6, 6.07) is 13.7. The molecule has 1 N–H and O–H groups in total. The van der Waals surface area contributed by atoms with Crippen molar-refractivity contribution >= 4 is 11.6 Å². The molecule has 5 heteroatoms. The minimum absolute atomic E-state index is 0.0160. The van der Waals surface area contributed by atoms with Gasteiger partial charge in [0.05, 0.1) is 6.54 Å². The molecule has 0 unspecified atom stereocenters. The molecule has 0 saturated carbocycles. The number of ether oxygens (including phenoxy) is 2. The highest BCUT2D eigenvalue weighted by Gasteiger charge is 2.23. The summed E-state index contributed by atoms with van der Waals surface area (Å²) in [5, 5.41) is 3.02. The van der Waals surface area contributed by atoms with Crippen molar-refractivity contribution in [2.75, 3.05) is 31.6 Å². The van der Waals surface area contributed by atoms with E-state index in [0.717, 1.165) is 34.9 Å². The van der Waals surface area contributed by atoms with Crippen LogP contribution in [0.2, 0.25) is 0 Å². The Bertz CT molecular complexity index is 776. The second kappa shape index (κ2) is 8.23. The molecule has 0 bridgehead atoms. The minimum Gasteiger partial charge on any atom is -0.486 e. The molecule has 0 fully saturated rings. The standard InChI is InChI=1S/C21H26N2O3/c1-4-23(12-17-14-25-19-7-5-6-8-20(19)26-17)13-21(24)22-18-11-15(2)9-10-16(18)3/h5-11,17H,4,12-14H2,1-3H3,(H,22,24)/t17-/m0/s1. The molecule has 1 atom stereocenters. The molecule has 2 aromatic carbocycles. The van der Waals surface area contributed by atoms with Gasteiger partial charge in [-0.1, -0.05) is 31.2 Å². The molecule has 0 aromatic heterocycles. The molecular weight excluding hydrogens is 328 g/mol. The number of benzene rings is 2. The number of amides is 1. The molecule has 2 aromatic rings. The molecule has 1 amide bonds. The maximum Gasteiger partial charge on any atom is 0.238 e. The molecule has 1 heterocycles. The molecule has 3 rings (SSSR count). The van der Waals surface area contributed by atoms with Gasteiger partial charge in [0.1, 0.15) is 12.7 Å². The Labute approximate surface area is 154 Å². The summed E-state index contributed by atoms with van der Waals surface area (Å²) < 4.78 is 11.8. The van der Waals surface area contributed by atoms with E-state index in [1.807, 2.05) is 63.2 Å². The van der Waals surface area contributed by atoms with Crippen molar-refractivity contribution < 1.29 is 14.3 Å². The van der Waals surface area contributed by atoms with E-state index in [1.165, 1.54) is 0 Å². The number of nitrogens with zero attached hydrogens (tertiary/aromatic N) is 1. The minimum atomic E-state index is -0.0849. The number of likely N-dealkylation sites (N-methyl/N-ethyl adjacent to an activating group) is 1. The number of nitrogens with one attached hydrogen (secondary N) is 1. The van der Waals surface area contributed by atoms with Gasteiger partial charge in [0, 0.05) is 12.2 Å². The molecule has 1 aliphatic heterocycles. The van der Waals surface area contributed by atoms with Crippen LogP contribution in [0.3, 0.4) is 0 Å². The van der Waals surface area contributed by atoms with E-state index in [-0.39, 0.29) is 12.0 Å². The SMILES string of the molecule is CCN(CC(=O)Nc1cc(C)ccc1C)C[C@H]1COc2ccccc2O1. The van der Waals surface area contributed by atoms with E-state index in [2.05, 4.69) is 10.2 Å². The van der Waals surface area contributed by atoms with E-state index in [4.69, 9.17) is 9.47 Å². The Balaban J connectivity index is 1.56. The maximum atomic E-state index is 12.5. The van der Waals surface area contributed by atoms with Crippen molar-refractivity contribution in [3.8, 4) is 11.5 Å². The Morgan fingerprint density at radius 2 is 1.96 bits per heavy atom. The zero-order chi connectivity index (χ0) is 18.5. The summed E-state index contributed by atoms with van der Waals surface area (Å²) in [4.78, 5) is 14.5. The lowest BCUT2D eigenvalue weighted by Gasteiger charge is -2.30. The fraction of sp³-hybridized carbons (Fsp3) is 0.381. The summed E-state index contributed by atoms with van der Waals surface area (Å²) in [6.45, 7) is 8.29. The van der Waals surface area contributed by atoms with Crippen molar-refractivity contribution in [3.05, 3.63) is 53.6 Å². The van der Waals surface area contributed by atoms with Gasteiger partial charge >= 0.3 is 0 Å². The molecule has 0 spiro atoms. The highest BCUT2D eigenvalue weighted by atomic mass is 16.6. The Hall–Kier alpha value is -2.53. The van der Waals surface area contributed by atoms with Gasteiger partial charge in [-0.05, 0) is 49.7 Å². The summed E-state index contributed by atoms with van der Waals surface area (Å²) in [7, 11) is 0. The number of anilines is 1. The van der Waals surface area contributed by atoms with Crippen LogP contribution in [0.4, 0.5) is 5.69 Å².